The first-order valence-electron chi connectivity index (χ1n) is 11.3. The van der Waals surface area contributed by atoms with E-state index in [1.54, 1.807) is 7.05 Å². The van der Waals surface area contributed by atoms with E-state index in [0.29, 0.717) is 6.54 Å². The van der Waals surface area contributed by atoms with E-state index < -0.39 is 0 Å². The molecule has 0 saturated carbocycles. The Bertz CT molecular complexity index is 816. The molecule has 4 nitrogen and oxygen atoms in total. The van der Waals surface area contributed by atoms with Crippen LogP contribution in [0.15, 0.2) is 48.5 Å². The Labute approximate surface area is 187 Å². The molecule has 168 valence electrons. The van der Waals surface area contributed by atoms with Crippen molar-refractivity contribution in [3.8, 4) is 0 Å². The van der Waals surface area contributed by atoms with Crippen molar-refractivity contribution in [2.45, 2.75) is 76.9 Å². The first kappa shape index (κ1) is 23.3. The minimum Gasteiger partial charge on any atom is -0.445 e. The molecule has 2 atom stereocenters. The van der Waals surface area contributed by atoms with Crippen LogP contribution in [0.3, 0.4) is 0 Å². The van der Waals surface area contributed by atoms with Crippen LogP contribution in [0.4, 0.5) is 4.79 Å². The summed E-state index contributed by atoms with van der Waals surface area (Å²) in [5, 5.41) is 6.17. The molecule has 0 aliphatic carbocycles. The first-order chi connectivity index (χ1) is 14.5. The Morgan fingerprint density at radius 3 is 1.74 bits per heavy atom. The van der Waals surface area contributed by atoms with Gasteiger partial charge >= 0.3 is 6.09 Å². The van der Waals surface area contributed by atoms with Crippen LogP contribution in [0.2, 0.25) is 0 Å². The van der Waals surface area contributed by atoms with Crippen LogP contribution in [0.1, 0.15) is 76.1 Å². The van der Waals surface area contributed by atoms with Gasteiger partial charge in [-0.1, -0.05) is 90.1 Å². The lowest BCUT2D eigenvalue weighted by Crippen LogP contribution is -2.30. The van der Waals surface area contributed by atoms with Crippen LogP contribution in [0, 0.1) is 0 Å². The van der Waals surface area contributed by atoms with E-state index in [4.69, 9.17) is 4.74 Å². The van der Waals surface area contributed by atoms with Crippen molar-refractivity contribution in [3.05, 3.63) is 70.8 Å². The topological polar surface area (TPSA) is 50.4 Å². The maximum atomic E-state index is 11.7. The van der Waals surface area contributed by atoms with Gasteiger partial charge in [-0.15, -0.1) is 0 Å². The molecule has 0 aromatic heterocycles. The highest BCUT2D eigenvalue weighted by atomic mass is 16.6. The van der Waals surface area contributed by atoms with Gasteiger partial charge in [0.05, 0.1) is 0 Å². The number of hydrogen-bond donors (Lipinski definition) is 2. The molecule has 1 fully saturated rings. The summed E-state index contributed by atoms with van der Waals surface area (Å²) in [6.45, 7) is 14.1. The van der Waals surface area contributed by atoms with Gasteiger partial charge in [-0.05, 0) is 33.1 Å². The average Bonchev–Trinajstić information content (AvgIpc) is 3.15. The average molecular weight is 423 g/mol. The molecule has 3 rings (SSSR count). The molecule has 1 saturated heterocycles. The molecule has 2 N–H and O–H groups in total. The van der Waals surface area contributed by atoms with Crippen LogP contribution in [-0.4, -0.2) is 31.8 Å². The maximum Gasteiger partial charge on any atom is 0.407 e. The van der Waals surface area contributed by atoms with E-state index in [2.05, 4.69) is 101 Å². The molecule has 4 heteroatoms. The van der Waals surface area contributed by atoms with Crippen molar-refractivity contribution in [2.75, 3.05) is 13.6 Å². The molecular formula is C27H38N2O2. The number of amides is 1. The third kappa shape index (κ3) is 5.68. The minimum atomic E-state index is -0.368. The predicted molar refractivity (Wildman–Crippen MR) is 128 cm³/mol. The predicted octanol–water partition coefficient (Wildman–Crippen LogP) is 5.50. The van der Waals surface area contributed by atoms with Crippen molar-refractivity contribution in [3.63, 3.8) is 0 Å². The Morgan fingerprint density at radius 1 is 0.903 bits per heavy atom. The smallest absolute Gasteiger partial charge is 0.407 e. The number of carbonyl (C=O) groups is 1. The fourth-order valence-electron chi connectivity index (χ4n) is 4.32. The van der Waals surface area contributed by atoms with Gasteiger partial charge in [0.2, 0.25) is 0 Å². The zero-order valence-electron chi connectivity index (χ0n) is 20.1. The maximum absolute atomic E-state index is 11.7. The van der Waals surface area contributed by atoms with Crippen LogP contribution in [0.5, 0.6) is 0 Å². The highest BCUT2D eigenvalue weighted by molar-refractivity contribution is 5.66. The van der Waals surface area contributed by atoms with Gasteiger partial charge in [-0.3, -0.25) is 0 Å². The number of alkyl carbamates (subject to hydrolysis) is 1. The number of benzene rings is 2. The minimum absolute atomic E-state index is 0.116. The van der Waals surface area contributed by atoms with Crippen molar-refractivity contribution >= 4 is 6.09 Å². The summed E-state index contributed by atoms with van der Waals surface area (Å²) in [7, 11) is 1.60. The summed E-state index contributed by atoms with van der Waals surface area (Å²) >= 11 is 0. The Hall–Kier alpha value is -2.33. The van der Waals surface area contributed by atoms with E-state index in [0.717, 1.165) is 6.42 Å². The second kappa shape index (κ2) is 9.04. The number of ether oxygens (including phenoxy) is 1. The molecule has 0 radical (unpaired) electrons. The SMILES string of the molecule is CNC(=O)O[C@H]1CN[C@@H](C(c2ccc(C(C)(C)C)cc2)c2ccc(C(C)(C)C)cc2)C1. The summed E-state index contributed by atoms with van der Waals surface area (Å²) < 4.78 is 5.53. The second-order valence-corrected chi connectivity index (χ2v) is 10.7. The summed E-state index contributed by atoms with van der Waals surface area (Å²) in [5.74, 6) is 0.196. The van der Waals surface area contributed by atoms with Crippen molar-refractivity contribution in [2.24, 2.45) is 0 Å². The Kier molecular flexibility index (Phi) is 6.80. The van der Waals surface area contributed by atoms with E-state index in [1.165, 1.54) is 22.3 Å². The standard InChI is InChI=1S/C27H38N2O2/c1-26(2,3)20-12-8-18(9-13-20)24(19-10-14-21(15-11-19)27(4,5)6)23-16-22(17-29-23)31-25(30)28-7/h8-15,22-24,29H,16-17H2,1-7H3,(H,28,30)/t22-,23-/m1/s1. The first-order valence-corrected chi connectivity index (χ1v) is 11.3. The fourth-order valence-corrected chi connectivity index (χ4v) is 4.32. The third-order valence-corrected chi connectivity index (χ3v) is 6.28. The van der Waals surface area contributed by atoms with Crippen LogP contribution in [-0.2, 0) is 15.6 Å². The fraction of sp³-hybridized carbons (Fsp3) is 0.519. The zero-order valence-corrected chi connectivity index (χ0v) is 20.1. The highest BCUT2D eigenvalue weighted by Crippen LogP contribution is 2.35. The van der Waals surface area contributed by atoms with Gasteiger partial charge in [0.1, 0.15) is 6.10 Å². The molecule has 1 aliphatic rings. The monoisotopic (exact) mass is 422 g/mol. The second-order valence-electron chi connectivity index (χ2n) is 10.7. The molecule has 1 amide bonds. The number of nitrogens with one attached hydrogen (secondary N) is 2. The van der Waals surface area contributed by atoms with E-state index in [9.17, 15) is 4.79 Å². The van der Waals surface area contributed by atoms with E-state index >= 15 is 0 Å². The molecule has 2 aromatic carbocycles. The highest BCUT2D eigenvalue weighted by Gasteiger charge is 2.34. The van der Waals surface area contributed by atoms with Crippen molar-refractivity contribution in [1.82, 2.24) is 10.6 Å². The lowest BCUT2D eigenvalue weighted by atomic mass is 9.80. The van der Waals surface area contributed by atoms with Gasteiger partial charge in [0, 0.05) is 32.0 Å². The van der Waals surface area contributed by atoms with Gasteiger partial charge in [0.25, 0.3) is 0 Å². The quantitative estimate of drug-likeness (QED) is 0.684. The Balaban J connectivity index is 1.92. The van der Waals surface area contributed by atoms with Gasteiger partial charge < -0.3 is 15.4 Å². The van der Waals surface area contributed by atoms with Crippen molar-refractivity contribution in [1.29, 1.82) is 0 Å². The lowest BCUT2D eigenvalue weighted by molar-refractivity contribution is 0.108. The molecule has 31 heavy (non-hydrogen) atoms. The van der Waals surface area contributed by atoms with E-state index in [1.807, 2.05) is 0 Å². The normalized spacial score (nSPS) is 19.5. The third-order valence-electron chi connectivity index (χ3n) is 6.28. The number of carbonyl (C=O) groups excluding carboxylic acids is 1. The molecule has 2 aromatic rings. The summed E-state index contributed by atoms with van der Waals surface area (Å²) in [6, 6.07) is 18.2. The molecule has 0 spiro atoms. The molecule has 0 unspecified atom stereocenters. The largest absolute Gasteiger partial charge is 0.445 e. The zero-order chi connectivity index (χ0) is 22.8. The van der Waals surface area contributed by atoms with Crippen molar-refractivity contribution < 1.29 is 9.53 Å². The Morgan fingerprint density at radius 2 is 1.35 bits per heavy atom. The van der Waals surface area contributed by atoms with E-state index in [-0.39, 0.29) is 35.0 Å². The van der Waals surface area contributed by atoms with Crippen LogP contribution in [0.25, 0.3) is 0 Å². The summed E-state index contributed by atoms with van der Waals surface area (Å²) in [6.07, 6.45) is 0.309. The number of hydrogen-bond acceptors (Lipinski definition) is 3. The van der Waals surface area contributed by atoms with Crippen LogP contribution >= 0.6 is 0 Å². The van der Waals surface area contributed by atoms with Crippen LogP contribution < -0.4 is 10.6 Å². The van der Waals surface area contributed by atoms with Gasteiger partial charge in [-0.25, -0.2) is 4.79 Å². The lowest BCUT2D eigenvalue weighted by Gasteiger charge is -2.27. The summed E-state index contributed by atoms with van der Waals surface area (Å²) in [5.41, 5.74) is 5.49. The van der Waals surface area contributed by atoms with Gasteiger partial charge in [0.15, 0.2) is 0 Å². The van der Waals surface area contributed by atoms with Gasteiger partial charge in [-0.2, -0.15) is 0 Å². The molecule has 1 heterocycles. The summed E-state index contributed by atoms with van der Waals surface area (Å²) in [4.78, 5) is 11.7. The molecule has 1 aliphatic heterocycles. The molecule has 0 bridgehead atoms. The number of rotatable bonds is 4. The molecular weight excluding hydrogens is 384 g/mol.